The summed E-state index contributed by atoms with van der Waals surface area (Å²) in [5.41, 5.74) is 1.74. The van der Waals surface area contributed by atoms with Crippen molar-refractivity contribution in [1.82, 2.24) is 0 Å². The van der Waals surface area contributed by atoms with E-state index in [-0.39, 0.29) is 0 Å². The van der Waals surface area contributed by atoms with E-state index in [1.165, 1.54) is 14.2 Å². The average molecular weight is 378 g/mol. The number of hydrogen-bond donors (Lipinski definition) is 0. The minimum atomic E-state index is -3.65. The van der Waals surface area contributed by atoms with Crippen molar-refractivity contribution in [2.75, 3.05) is 34.0 Å². The van der Waals surface area contributed by atoms with E-state index in [2.05, 4.69) is 0 Å². The van der Waals surface area contributed by atoms with Crippen molar-refractivity contribution in [3.8, 4) is 0 Å². The van der Waals surface area contributed by atoms with Crippen LogP contribution in [0.15, 0.2) is 24.3 Å². The van der Waals surface area contributed by atoms with Crippen LogP contribution in [0.3, 0.4) is 0 Å². The van der Waals surface area contributed by atoms with Gasteiger partial charge < -0.3 is 22.6 Å². The van der Waals surface area contributed by atoms with Gasteiger partial charge in [0.15, 0.2) is 0 Å². The zero-order chi connectivity index (χ0) is 18.2. The fourth-order valence-corrected chi connectivity index (χ4v) is 7.47. The maximum absolute atomic E-state index is 13.3. The van der Waals surface area contributed by atoms with E-state index in [1.54, 1.807) is 0 Å². The summed E-state index contributed by atoms with van der Waals surface area (Å²) in [5.74, 6) is 0. The normalized spacial score (nSPS) is 12.4. The maximum atomic E-state index is 13.3. The molecule has 0 amide bonds. The van der Waals surface area contributed by atoms with Crippen LogP contribution in [0.2, 0.25) is 0 Å². The van der Waals surface area contributed by atoms with E-state index in [0.29, 0.717) is 30.4 Å². The van der Waals surface area contributed by atoms with Gasteiger partial charge >= 0.3 is 7.60 Å². The lowest BCUT2D eigenvalue weighted by Gasteiger charge is -2.30. The number of rotatable bonds is 10. The first-order valence-corrected chi connectivity index (χ1v) is 11.0. The molecule has 0 saturated heterocycles. The highest BCUT2D eigenvalue weighted by molar-refractivity contribution is 7.89. The first-order valence-electron chi connectivity index (χ1n) is 7.92. The Labute approximate surface area is 145 Å². The molecule has 1 aromatic carbocycles. The molecule has 0 aliphatic rings. The second kappa shape index (κ2) is 9.88. The number of benzene rings is 1. The minimum absolute atomic E-state index is 0.311. The Balaban J connectivity index is 3.85. The van der Waals surface area contributed by atoms with Crippen LogP contribution in [0.5, 0.6) is 0 Å². The summed E-state index contributed by atoms with van der Waals surface area (Å²) in [5, 5.41) is 0.311. The van der Waals surface area contributed by atoms with E-state index >= 15 is 0 Å². The lowest BCUT2D eigenvalue weighted by Crippen LogP contribution is -2.15. The van der Waals surface area contributed by atoms with Crippen molar-refractivity contribution in [3.63, 3.8) is 0 Å². The smallest absolute Gasteiger partial charge is 0.317 e. The van der Waals surface area contributed by atoms with Crippen molar-refractivity contribution < 1.29 is 27.2 Å². The summed E-state index contributed by atoms with van der Waals surface area (Å²) in [6.45, 7) is 8.52. The standard InChI is InChI=1S/C16H28O6P2/c1-7-20-24(21-8-2,22-9-3)16(23(17,18-5)19-6)15-12-10-14(4)11-13-15/h10-13H,7-9H2,1-6H3. The second-order valence-electron chi connectivity index (χ2n) is 4.80. The molecular weight excluding hydrogens is 350 g/mol. The van der Waals surface area contributed by atoms with Crippen LogP contribution in [-0.4, -0.2) is 39.1 Å². The summed E-state index contributed by atoms with van der Waals surface area (Å²) in [7, 11) is -4.05. The molecule has 0 atom stereocenters. The van der Waals surface area contributed by atoms with E-state index in [9.17, 15) is 4.57 Å². The lowest BCUT2D eigenvalue weighted by atomic mass is 10.2. The van der Waals surface area contributed by atoms with Gasteiger partial charge in [-0.25, -0.2) is 0 Å². The van der Waals surface area contributed by atoms with Gasteiger partial charge in [0.25, 0.3) is 7.57 Å². The zero-order valence-electron chi connectivity index (χ0n) is 15.3. The van der Waals surface area contributed by atoms with Gasteiger partial charge in [-0.05, 0) is 33.3 Å². The number of hydrogen-bond acceptors (Lipinski definition) is 6. The molecule has 0 aromatic heterocycles. The Bertz CT molecular complexity index is 580. The Morgan fingerprint density at radius 1 is 0.875 bits per heavy atom. The first kappa shape index (κ1) is 21.6. The Hall–Kier alpha value is -0.450. The highest BCUT2D eigenvalue weighted by Gasteiger charge is 2.41. The van der Waals surface area contributed by atoms with Crippen molar-refractivity contribution in [2.24, 2.45) is 0 Å². The van der Waals surface area contributed by atoms with Gasteiger partial charge in [-0.3, -0.25) is 4.57 Å². The van der Waals surface area contributed by atoms with Crippen LogP contribution in [0, 0.1) is 6.92 Å². The Morgan fingerprint density at radius 2 is 1.29 bits per heavy atom. The highest BCUT2D eigenvalue weighted by atomic mass is 31.2. The van der Waals surface area contributed by atoms with Crippen LogP contribution in [0.25, 0.3) is 0 Å². The van der Waals surface area contributed by atoms with Crippen LogP contribution < -0.4 is 0 Å². The lowest BCUT2D eigenvalue weighted by molar-refractivity contribution is 0.170. The van der Waals surface area contributed by atoms with E-state index < -0.39 is 15.2 Å². The summed E-state index contributed by atoms with van der Waals surface area (Å²) in [6, 6.07) is 7.54. The molecule has 0 spiro atoms. The molecule has 24 heavy (non-hydrogen) atoms. The molecule has 6 nitrogen and oxygen atoms in total. The third-order valence-electron chi connectivity index (χ3n) is 3.21. The zero-order valence-corrected chi connectivity index (χ0v) is 17.1. The molecule has 0 N–H and O–H groups in total. The predicted octanol–water partition coefficient (Wildman–Crippen LogP) is 4.83. The topological polar surface area (TPSA) is 63.2 Å². The van der Waals surface area contributed by atoms with Gasteiger partial charge in [-0.2, -0.15) is 0 Å². The maximum Gasteiger partial charge on any atom is 0.368 e. The van der Waals surface area contributed by atoms with Crippen LogP contribution in [-0.2, 0) is 27.2 Å². The van der Waals surface area contributed by atoms with Gasteiger partial charge in [0, 0.05) is 14.2 Å². The molecule has 138 valence electrons. The first-order chi connectivity index (χ1) is 11.4. The second-order valence-corrected chi connectivity index (χ2v) is 9.55. The summed E-state index contributed by atoms with van der Waals surface area (Å²) in [4.78, 5) is 0. The van der Waals surface area contributed by atoms with E-state index in [4.69, 9.17) is 22.6 Å². The van der Waals surface area contributed by atoms with Gasteiger partial charge in [0.05, 0.1) is 19.8 Å². The average Bonchev–Trinajstić information content (AvgIpc) is 2.57. The third kappa shape index (κ3) is 4.80. The summed E-state index contributed by atoms with van der Waals surface area (Å²) < 4.78 is 41.6. The molecule has 0 aliphatic carbocycles. The molecule has 1 aromatic rings. The molecule has 1 rings (SSSR count). The highest BCUT2D eigenvalue weighted by Crippen LogP contribution is 2.65. The van der Waals surface area contributed by atoms with Gasteiger partial charge in [-0.1, -0.05) is 29.8 Å². The monoisotopic (exact) mass is 378 g/mol. The fourth-order valence-electron chi connectivity index (χ4n) is 2.22. The predicted molar refractivity (Wildman–Crippen MR) is 98.7 cm³/mol. The van der Waals surface area contributed by atoms with E-state index in [0.717, 1.165) is 5.56 Å². The molecule has 8 heteroatoms. The summed E-state index contributed by atoms with van der Waals surface area (Å²) in [6.07, 6.45) is 0. The van der Waals surface area contributed by atoms with Crippen molar-refractivity contribution >= 4 is 20.2 Å². The number of aryl methyl sites for hydroxylation is 1. The SMILES string of the molecule is CCOP(OCC)(OCC)=C(c1ccc(C)cc1)P(=O)(OC)OC. The largest absolute Gasteiger partial charge is 0.368 e. The molecule has 0 bridgehead atoms. The van der Waals surface area contributed by atoms with Gasteiger partial charge in [0.1, 0.15) is 5.03 Å². The third-order valence-corrected chi connectivity index (χ3v) is 8.99. The summed E-state index contributed by atoms with van der Waals surface area (Å²) >= 11 is 0. The molecule has 0 saturated carbocycles. The Morgan fingerprint density at radius 3 is 1.62 bits per heavy atom. The van der Waals surface area contributed by atoms with E-state index in [1.807, 2.05) is 52.0 Å². The van der Waals surface area contributed by atoms with Crippen LogP contribution >= 0.6 is 15.2 Å². The molecule has 0 fully saturated rings. The van der Waals surface area contributed by atoms with Crippen molar-refractivity contribution in [2.45, 2.75) is 27.7 Å². The van der Waals surface area contributed by atoms with Crippen LogP contribution in [0.1, 0.15) is 31.9 Å². The molecule has 0 heterocycles. The van der Waals surface area contributed by atoms with Crippen LogP contribution in [0.4, 0.5) is 0 Å². The quantitative estimate of drug-likeness (QED) is 0.544. The molecule has 0 radical (unpaired) electrons. The van der Waals surface area contributed by atoms with Gasteiger partial charge in [0.2, 0.25) is 0 Å². The minimum Gasteiger partial charge on any atom is -0.317 e. The van der Waals surface area contributed by atoms with Gasteiger partial charge in [-0.15, -0.1) is 0 Å². The fraction of sp³-hybridized carbons (Fsp3) is 0.562. The molecule has 0 aliphatic heterocycles. The van der Waals surface area contributed by atoms with Crippen molar-refractivity contribution in [3.05, 3.63) is 35.4 Å². The Kier molecular flexibility index (Phi) is 8.89. The molecule has 0 unspecified atom stereocenters. The molecular formula is C16H28O6P2. The van der Waals surface area contributed by atoms with Crippen molar-refractivity contribution in [1.29, 1.82) is 0 Å².